The molecule has 0 spiro atoms. The molecule has 0 atom stereocenters. The Morgan fingerprint density at radius 2 is 1.48 bits per heavy atom. The lowest BCUT2D eigenvalue weighted by Gasteiger charge is -2.26. The Balaban J connectivity index is 2.53. The second-order valence-corrected chi connectivity index (χ2v) is 9.13. The van der Waals surface area contributed by atoms with Gasteiger partial charge in [-0.3, -0.25) is 4.90 Å². The Bertz CT molecular complexity index is 935. The Morgan fingerprint density at radius 1 is 0.897 bits per heavy atom. The van der Waals surface area contributed by atoms with Gasteiger partial charge in [-0.05, 0) is 78.6 Å². The fourth-order valence-corrected chi connectivity index (χ4v) is 2.82. The number of benzene rings is 2. The number of nitrogens with zero attached hydrogens (tertiary/aromatic N) is 1. The maximum absolute atomic E-state index is 12.6. The largest absolute Gasteiger partial charge is 0.514 e. The molecule has 0 saturated heterocycles. The smallest absolute Gasteiger partial charge is 0.443 e. The number of amides is 1. The molecule has 1 amide bonds. The summed E-state index contributed by atoms with van der Waals surface area (Å²) < 4.78 is 16.4. The number of hydrogen-bond acceptors (Lipinski definition) is 5. The topological polar surface area (TPSA) is 65.1 Å². The van der Waals surface area contributed by atoms with E-state index in [1.54, 1.807) is 27.8 Å². The van der Waals surface area contributed by atoms with E-state index in [2.05, 4.69) is 0 Å². The van der Waals surface area contributed by atoms with Gasteiger partial charge in [0.25, 0.3) is 0 Å². The van der Waals surface area contributed by atoms with Crippen molar-refractivity contribution >= 4 is 28.7 Å². The van der Waals surface area contributed by atoms with E-state index in [0.29, 0.717) is 16.8 Å². The van der Waals surface area contributed by atoms with Crippen LogP contribution >= 0.6 is 0 Å². The minimum absolute atomic E-state index is 0.425. The van der Waals surface area contributed by atoms with Crippen molar-refractivity contribution in [3.63, 3.8) is 0 Å². The first-order valence-electron chi connectivity index (χ1n) is 9.60. The summed E-state index contributed by atoms with van der Waals surface area (Å²) in [4.78, 5) is 26.3. The maximum atomic E-state index is 12.6. The lowest BCUT2D eigenvalue weighted by Crippen LogP contribution is -2.34. The summed E-state index contributed by atoms with van der Waals surface area (Å²) in [6.45, 7) is 14.6. The van der Waals surface area contributed by atoms with Crippen LogP contribution in [-0.2, 0) is 9.47 Å². The molecule has 0 aliphatic carbocycles. The number of ether oxygens (including phenoxy) is 3. The first-order chi connectivity index (χ1) is 13.2. The molecular weight excluding hydrogens is 370 g/mol. The molecule has 0 N–H and O–H groups in total. The number of fused-ring (bicyclic) bond motifs is 1. The molecule has 0 saturated carbocycles. The van der Waals surface area contributed by atoms with Gasteiger partial charge < -0.3 is 14.2 Å². The van der Waals surface area contributed by atoms with Crippen LogP contribution in [0.3, 0.4) is 0 Å². The van der Waals surface area contributed by atoms with E-state index in [-0.39, 0.29) is 0 Å². The molecule has 2 rings (SSSR count). The standard InChI is InChI=1S/C23H31NO5/c1-14-13-17-16(19(15(14)2)27-21(26)29-23(6,7)8)11-10-12-18(17)24(9)20(25)28-22(3,4)5/h10-13H,1-9H3. The van der Waals surface area contributed by atoms with Crippen molar-refractivity contribution in [1.29, 1.82) is 0 Å². The van der Waals surface area contributed by atoms with Crippen molar-refractivity contribution in [3.8, 4) is 5.75 Å². The third-order valence-corrected chi connectivity index (χ3v) is 4.22. The van der Waals surface area contributed by atoms with Crippen LogP contribution in [0.4, 0.5) is 15.3 Å². The van der Waals surface area contributed by atoms with E-state index >= 15 is 0 Å². The van der Waals surface area contributed by atoms with Crippen LogP contribution in [0, 0.1) is 13.8 Å². The molecule has 0 aromatic heterocycles. The Hall–Kier alpha value is -2.76. The first-order valence-corrected chi connectivity index (χ1v) is 9.60. The number of carbonyl (C=O) groups excluding carboxylic acids is 2. The molecule has 0 aliphatic rings. The van der Waals surface area contributed by atoms with Gasteiger partial charge in [0, 0.05) is 17.8 Å². The van der Waals surface area contributed by atoms with Gasteiger partial charge in [-0.25, -0.2) is 9.59 Å². The van der Waals surface area contributed by atoms with Gasteiger partial charge in [0.1, 0.15) is 17.0 Å². The highest BCUT2D eigenvalue weighted by Gasteiger charge is 2.24. The van der Waals surface area contributed by atoms with Gasteiger partial charge in [-0.2, -0.15) is 0 Å². The van der Waals surface area contributed by atoms with E-state index in [4.69, 9.17) is 14.2 Å². The lowest BCUT2D eigenvalue weighted by atomic mass is 9.99. The van der Waals surface area contributed by atoms with Crippen LogP contribution in [0.5, 0.6) is 5.75 Å². The van der Waals surface area contributed by atoms with E-state index in [1.807, 2.05) is 58.9 Å². The van der Waals surface area contributed by atoms with E-state index in [0.717, 1.165) is 16.5 Å². The highest BCUT2D eigenvalue weighted by Crippen LogP contribution is 2.37. The number of hydrogen-bond donors (Lipinski definition) is 0. The summed E-state index contributed by atoms with van der Waals surface area (Å²) in [6.07, 6.45) is -1.23. The molecule has 158 valence electrons. The number of aryl methyl sites for hydroxylation is 1. The number of carbonyl (C=O) groups is 2. The Kier molecular flexibility index (Phi) is 6.16. The zero-order chi connectivity index (χ0) is 22.1. The fraction of sp³-hybridized carbons (Fsp3) is 0.478. The van der Waals surface area contributed by atoms with Crippen LogP contribution in [0.25, 0.3) is 10.8 Å². The molecular formula is C23H31NO5. The van der Waals surface area contributed by atoms with E-state index in [9.17, 15) is 9.59 Å². The summed E-state index contributed by atoms with van der Waals surface area (Å²) in [7, 11) is 1.66. The van der Waals surface area contributed by atoms with Gasteiger partial charge >= 0.3 is 12.2 Å². The second-order valence-electron chi connectivity index (χ2n) is 9.13. The van der Waals surface area contributed by atoms with E-state index < -0.39 is 23.5 Å². The lowest BCUT2D eigenvalue weighted by molar-refractivity contribution is 0.0207. The number of rotatable bonds is 2. The molecule has 0 bridgehead atoms. The average molecular weight is 402 g/mol. The monoisotopic (exact) mass is 401 g/mol. The second kappa shape index (κ2) is 7.93. The molecule has 6 nitrogen and oxygen atoms in total. The zero-order valence-electron chi connectivity index (χ0n) is 18.8. The molecule has 0 aliphatic heterocycles. The minimum Gasteiger partial charge on any atom is -0.443 e. The molecule has 0 fully saturated rings. The van der Waals surface area contributed by atoms with Gasteiger partial charge in [0.2, 0.25) is 0 Å². The summed E-state index contributed by atoms with van der Waals surface area (Å²) in [5.41, 5.74) is 1.16. The van der Waals surface area contributed by atoms with Crippen molar-refractivity contribution in [2.75, 3.05) is 11.9 Å². The van der Waals surface area contributed by atoms with Crippen LogP contribution in [0.1, 0.15) is 52.7 Å². The highest BCUT2D eigenvalue weighted by atomic mass is 16.7. The third-order valence-electron chi connectivity index (χ3n) is 4.22. The van der Waals surface area contributed by atoms with Crippen LogP contribution in [0.15, 0.2) is 24.3 Å². The van der Waals surface area contributed by atoms with Crippen molar-refractivity contribution in [3.05, 3.63) is 35.4 Å². The van der Waals surface area contributed by atoms with Gasteiger partial charge in [-0.1, -0.05) is 12.1 Å². The molecule has 6 heteroatoms. The summed E-state index contributed by atoms with van der Waals surface area (Å²) in [5.74, 6) is 0.425. The highest BCUT2D eigenvalue weighted by molar-refractivity contribution is 6.04. The van der Waals surface area contributed by atoms with Crippen molar-refractivity contribution in [2.24, 2.45) is 0 Å². The zero-order valence-corrected chi connectivity index (χ0v) is 18.8. The van der Waals surface area contributed by atoms with Crippen LogP contribution < -0.4 is 9.64 Å². The molecule has 0 unspecified atom stereocenters. The molecule has 0 radical (unpaired) electrons. The quantitative estimate of drug-likeness (QED) is 0.446. The van der Waals surface area contributed by atoms with Gasteiger partial charge in [0.15, 0.2) is 0 Å². The van der Waals surface area contributed by atoms with Crippen LogP contribution in [-0.4, -0.2) is 30.5 Å². The fourth-order valence-electron chi connectivity index (χ4n) is 2.82. The van der Waals surface area contributed by atoms with Gasteiger partial charge in [0.05, 0.1) is 5.69 Å². The number of anilines is 1. The normalized spacial score (nSPS) is 11.9. The van der Waals surface area contributed by atoms with Crippen molar-refractivity contribution in [2.45, 2.75) is 66.6 Å². The minimum atomic E-state index is -0.765. The maximum Gasteiger partial charge on any atom is 0.514 e. The van der Waals surface area contributed by atoms with E-state index in [1.165, 1.54) is 4.90 Å². The summed E-state index contributed by atoms with van der Waals surface area (Å²) in [6, 6.07) is 7.48. The predicted molar refractivity (Wildman–Crippen MR) is 115 cm³/mol. The van der Waals surface area contributed by atoms with Crippen LogP contribution in [0.2, 0.25) is 0 Å². The molecule has 2 aromatic carbocycles. The first kappa shape index (κ1) is 22.5. The molecule has 0 heterocycles. The predicted octanol–water partition coefficient (Wildman–Crippen LogP) is 6.14. The molecule has 29 heavy (non-hydrogen) atoms. The average Bonchev–Trinajstić information content (AvgIpc) is 2.54. The SMILES string of the molecule is Cc1cc2c(N(C)C(=O)OC(C)(C)C)cccc2c(OC(=O)OC(C)(C)C)c1C. The summed E-state index contributed by atoms with van der Waals surface area (Å²) in [5, 5.41) is 1.49. The Morgan fingerprint density at radius 3 is 2.03 bits per heavy atom. The third kappa shape index (κ3) is 5.62. The Labute approximate surface area is 172 Å². The van der Waals surface area contributed by atoms with Crippen molar-refractivity contribution in [1.82, 2.24) is 0 Å². The summed E-state index contributed by atoms with van der Waals surface area (Å²) >= 11 is 0. The van der Waals surface area contributed by atoms with Gasteiger partial charge in [-0.15, -0.1) is 0 Å². The molecule has 2 aromatic rings. The van der Waals surface area contributed by atoms with Crippen molar-refractivity contribution < 1.29 is 23.8 Å².